The van der Waals surface area contributed by atoms with Crippen LogP contribution >= 0.6 is 11.3 Å². The van der Waals surface area contributed by atoms with Crippen molar-refractivity contribution >= 4 is 33.2 Å². The molecule has 204 valence electrons. The van der Waals surface area contributed by atoms with Gasteiger partial charge in [-0.1, -0.05) is 59.7 Å². The summed E-state index contributed by atoms with van der Waals surface area (Å²) in [5.74, 6) is -0.0726. The lowest BCUT2D eigenvalue weighted by molar-refractivity contribution is -0.127. The van der Waals surface area contributed by atoms with Crippen LogP contribution in [-0.4, -0.2) is 26.8 Å². The molecule has 1 heterocycles. The van der Waals surface area contributed by atoms with Gasteiger partial charge in [-0.2, -0.15) is 0 Å². The van der Waals surface area contributed by atoms with Crippen LogP contribution in [0.2, 0.25) is 0 Å². The molecule has 1 saturated carbocycles. The van der Waals surface area contributed by atoms with Crippen molar-refractivity contribution in [2.24, 2.45) is 11.8 Å². The predicted octanol–water partition coefficient (Wildman–Crippen LogP) is 5.66. The fourth-order valence-electron chi connectivity index (χ4n) is 4.82. The Morgan fingerprint density at radius 2 is 1.51 bits per heavy atom. The van der Waals surface area contributed by atoms with Gasteiger partial charge in [0.2, 0.25) is 15.9 Å². The summed E-state index contributed by atoms with van der Waals surface area (Å²) in [6.07, 6.45) is 2.81. The summed E-state index contributed by atoms with van der Waals surface area (Å²) in [5, 5.41) is 1.81. The predicted molar refractivity (Wildman–Crippen MR) is 149 cm³/mol. The number of hydrogen-bond acceptors (Lipinski definition) is 5. The summed E-state index contributed by atoms with van der Waals surface area (Å²) in [4.78, 5) is 25.5. The molecule has 0 aliphatic heterocycles. The van der Waals surface area contributed by atoms with Crippen LogP contribution in [0.3, 0.4) is 0 Å². The van der Waals surface area contributed by atoms with Crippen molar-refractivity contribution in [2.45, 2.75) is 89.9 Å². The van der Waals surface area contributed by atoms with E-state index in [9.17, 15) is 18.0 Å². The molecule has 3 rings (SSSR count). The lowest BCUT2D eigenvalue weighted by Crippen LogP contribution is -2.45. The molecule has 1 aliphatic rings. The molecule has 3 N–H and O–H groups in total. The van der Waals surface area contributed by atoms with Gasteiger partial charge in [-0.05, 0) is 77.5 Å². The Morgan fingerprint density at radius 1 is 0.919 bits per heavy atom. The molecular weight excluding hydrogens is 506 g/mol. The molecule has 9 heteroatoms. The Hall–Kier alpha value is -2.23. The summed E-state index contributed by atoms with van der Waals surface area (Å²) >= 11 is 1.31. The maximum Gasteiger partial charge on any atom is 0.279 e. The second kappa shape index (κ2) is 12.5. The normalized spacial score (nSPS) is 18.4. The van der Waals surface area contributed by atoms with Crippen LogP contribution in [-0.2, 0) is 14.8 Å². The van der Waals surface area contributed by atoms with Crippen LogP contribution in [0.1, 0.15) is 111 Å². The molecule has 0 bridgehead atoms. The number of carbonyl (C=O) groups excluding carboxylic acids is 2. The Kier molecular flexibility index (Phi) is 9.94. The first-order chi connectivity index (χ1) is 17.4. The van der Waals surface area contributed by atoms with Crippen molar-refractivity contribution in [2.75, 3.05) is 6.54 Å². The number of rotatable bonds is 9. The van der Waals surface area contributed by atoms with Gasteiger partial charge in [-0.25, -0.2) is 13.1 Å². The summed E-state index contributed by atoms with van der Waals surface area (Å²) in [7, 11) is -3.70. The van der Waals surface area contributed by atoms with Crippen LogP contribution < -0.4 is 15.6 Å². The van der Waals surface area contributed by atoms with Crippen LogP contribution in [0.25, 0.3) is 0 Å². The van der Waals surface area contributed by atoms with E-state index < -0.39 is 10.0 Å². The standard InChI is InChI=1S/C28H41N3O4S2/c1-17(2)22-14-23(18(3)4)26(24(15-22)19(5)6)37(34,35)29-16-20-9-11-21(12-10-20)27(32)30-31-28(33)25-8-7-13-36-25/h7-8,13-15,17-21,29H,9-12,16H2,1-6H3,(H,30,32)(H,31,33). The minimum atomic E-state index is -3.70. The van der Waals surface area contributed by atoms with E-state index in [1.807, 2.05) is 27.7 Å². The molecule has 2 amide bonds. The highest BCUT2D eigenvalue weighted by atomic mass is 32.2. The Bertz CT molecular complexity index is 1150. The van der Waals surface area contributed by atoms with Crippen LogP contribution in [0.5, 0.6) is 0 Å². The molecule has 0 spiro atoms. The van der Waals surface area contributed by atoms with E-state index in [-0.39, 0.29) is 35.5 Å². The second-order valence-corrected chi connectivity index (χ2v) is 13.6. The number of benzene rings is 1. The largest absolute Gasteiger partial charge is 0.279 e. The van der Waals surface area contributed by atoms with E-state index in [4.69, 9.17) is 0 Å². The zero-order valence-electron chi connectivity index (χ0n) is 22.8. The van der Waals surface area contributed by atoms with Gasteiger partial charge >= 0.3 is 0 Å². The summed E-state index contributed by atoms with van der Waals surface area (Å²) in [6, 6.07) is 7.59. The Balaban J connectivity index is 1.61. The molecule has 1 aliphatic carbocycles. The smallest absolute Gasteiger partial charge is 0.273 e. The van der Waals surface area contributed by atoms with E-state index in [0.717, 1.165) is 29.5 Å². The average Bonchev–Trinajstić information content (AvgIpc) is 3.40. The van der Waals surface area contributed by atoms with Crippen molar-refractivity contribution in [1.82, 2.24) is 15.6 Å². The monoisotopic (exact) mass is 547 g/mol. The third kappa shape index (κ3) is 7.42. The lowest BCUT2D eigenvalue weighted by Gasteiger charge is -2.28. The van der Waals surface area contributed by atoms with E-state index in [1.54, 1.807) is 17.5 Å². The molecule has 1 fully saturated rings. The Morgan fingerprint density at radius 3 is 2.00 bits per heavy atom. The van der Waals surface area contributed by atoms with Gasteiger partial charge in [0.15, 0.2) is 0 Å². The van der Waals surface area contributed by atoms with E-state index in [2.05, 4.69) is 41.6 Å². The minimum Gasteiger partial charge on any atom is -0.273 e. The van der Waals surface area contributed by atoms with Gasteiger partial charge < -0.3 is 0 Å². The molecule has 7 nitrogen and oxygen atoms in total. The average molecular weight is 548 g/mol. The zero-order valence-corrected chi connectivity index (χ0v) is 24.4. The molecule has 0 radical (unpaired) electrons. The molecule has 37 heavy (non-hydrogen) atoms. The quantitative estimate of drug-likeness (QED) is 0.352. The number of sulfonamides is 1. The van der Waals surface area contributed by atoms with Gasteiger partial charge in [-0.15, -0.1) is 11.3 Å². The molecule has 1 aromatic carbocycles. The van der Waals surface area contributed by atoms with E-state index >= 15 is 0 Å². The Labute approximate surface area is 225 Å². The third-order valence-corrected chi connectivity index (χ3v) is 9.60. The summed E-state index contributed by atoms with van der Waals surface area (Å²) in [5.41, 5.74) is 7.91. The fourth-order valence-corrected chi connectivity index (χ4v) is 7.25. The second-order valence-electron chi connectivity index (χ2n) is 11.0. The number of amides is 2. The lowest BCUT2D eigenvalue weighted by atomic mass is 9.82. The first kappa shape index (κ1) is 29.3. The molecule has 0 atom stereocenters. The zero-order chi connectivity index (χ0) is 27.3. The number of hydrazine groups is 1. The van der Waals surface area contributed by atoms with Crippen molar-refractivity contribution in [1.29, 1.82) is 0 Å². The third-order valence-electron chi connectivity index (χ3n) is 7.17. The maximum atomic E-state index is 13.6. The van der Waals surface area contributed by atoms with Crippen LogP contribution in [0, 0.1) is 11.8 Å². The van der Waals surface area contributed by atoms with Crippen molar-refractivity contribution < 1.29 is 18.0 Å². The number of carbonyl (C=O) groups is 2. The summed E-state index contributed by atoms with van der Waals surface area (Å²) in [6.45, 7) is 12.8. The molecule has 0 saturated heterocycles. The van der Waals surface area contributed by atoms with Crippen molar-refractivity contribution in [3.63, 3.8) is 0 Å². The number of hydrogen-bond donors (Lipinski definition) is 3. The van der Waals surface area contributed by atoms with Gasteiger partial charge in [0.25, 0.3) is 5.91 Å². The molecule has 1 aromatic heterocycles. The highest BCUT2D eigenvalue weighted by Gasteiger charge is 2.30. The molecule has 2 aromatic rings. The van der Waals surface area contributed by atoms with E-state index in [0.29, 0.717) is 35.1 Å². The number of nitrogens with one attached hydrogen (secondary N) is 3. The first-order valence-electron chi connectivity index (χ1n) is 13.2. The van der Waals surface area contributed by atoms with Gasteiger partial charge in [0.1, 0.15) is 0 Å². The highest BCUT2D eigenvalue weighted by Crippen LogP contribution is 2.35. The minimum absolute atomic E-state index is 0.0806. The SMILES string of the molecule is CC(C)c1cc(C(C)C)c(S(=O)(=O)NCC2CCC(C(=O)NNC(=O)c3cccs3)CC2)c(C(C)C)c1. The van der Waals surface area contributed by atoms with Crippen molar-refractivity contribution in [3.05, 3.63) is 51.2 Å². The van der Waals surface area contributed by atoms with E-state index in [1.165, 1.54) is 11.3 Å². The fraction of sp³-hybridized carbons (Fsp3) is 0.571. The van der Waals surface area contributed by atoms with Gasteiger partial charge in [0, 0.05) is 12.5 Å². The first-order valence-corrected chi connectivity index (χ1v) is 15.6. The van der Waals surface area contributed by atoms with Crippen molar-refractivity contribution in [3.8, 4) is 0 Å². The maximum absolute atomic E-state index is 13.6. The number of thiophene rings is 1. The van der Waals surface area contributed by atoms with Crippen LogP contribution in [0.15, 0.2) is 34.5 Å². The highest BCUT2D eigenvalue weighted by molar-refractivity contribution is 7.89. The topological polar surface area (TPSA) is 104 Å². The van der Waals surface area contributed by atoms with Gasteiger partial charge in [0.05, 0.1) is 9.77 Å². The summed E-state index contributed by atoms with van der Waals surface area (Å²) < 4.78 is 30.1. The van der Waals surface area contributed by atoms with Crippen LogP contribution in [0.4, 0.5) is 0 Å². The molecule has 0 unspecified atom stereocenters. The molecular formula is C28H41N3O4S2. The van der Waals surface area contributed by atoms with Gasteiger partial charge in [-0.3, -0.25) is 20.4 Å².